The maximum Gasteiger partial charge on any atom is 0.159 e. The number of hydrogen-bond donors (Lipinski definition) is 1. The number of rotatable bonds is 4. The number of imidazole rings is 1. The smallest absolute Gasteiger partial charge is 0.159 e. The van der Waals surface area contributed by atoms with Crippen LogP contribution in [0.2, 0.25) is 0 Å². The lowest BCUT2D eigenvalue weighted by molar-refractivity contribution is 0.101. The van der Waals surface area contributed by atoms with Crippen molar-refractivity contribution in [1.29, 1.82) is 0 Å². The summed E-state index contributed by atoms with van der Waals surface area (Å²) in [5.41, 5.74) is 5.94. The van der Waals surface area contributed by atoms with E-state index in [0.717, 1.165) is 35.9 Å². The number of nitrogens with one attached hydrogen (secondary N) is 1. The molecule has 1 N–H and O–H groups in total. The third kappa shape index (κ3) is 2.79. The molecule has 5 heteroatoms. The Labute approximate surface area is 130 Å². The first-order valence-electron chi connectivity index (χ1n) is 7.53. The molecular weight excluding hydrogens is 276 g/mol. The molecule has 2 heterocycles. The number of Topliss-reactive ketones (excluding diaryl/α,β-unsaturated/α-hetero) is 1. The van der Waals surface area contributed by atoms with Crippen LogP contribution in [-0.2, 0) is 6.42 Å². The summed E-state index contributed by atoms with van der Waals surface area (Å²) in [5.74, 6) is 2.50. The molecule has 22 heavy (non-hydrogen) atoms. The van der Waals surface area contributed by atoms with Gasteiger partial charge in [0.1, 0.15) is 11.7 Å². The molecule has 1 aliphatic heterocycles. The fraction of sp³-hybridized carbons (Fsp3) is 0.353. The molecule has 0 spiro atoms. The summed E-state index contributed by atoms with van der Waals surface area (Å²) in [6.45, 7) is 6.68. The van der Waals surface area contributed by atoms with E-state index in [1.807, 2.05) is 35.1 Å². The van der Waals surface area contributed by atoms with E-state index in [9.17, 15) is 4.79 Å². The summed E-state index contributed by atoms with van der Waals surface area (Å²) in [6.07, 6.45) is 2.56. The Balaban J connectivity index is 1.89. The number of carbonyl (C=O) groups excluding carboxylic acids is 1. The lowest BCUT2D eigenvalue weighted by Crippen LogP contribution is -2.16. The van der Waals surface area contributed by atoms with Crippen LogP contribution in [0.15, 0.2) is 35.5 Å². The molecule has 0 saturated heterocycles. The molecule has 3 rings (SSSR count). The van der Waals surface area contributed by atoms with Gasteiger partial charge in [0.15, 0.2) is 5.78 Å². The molecule has 2 aromatic rings. The molecule has 5 nitrogen and oxygen atoms in total. The number of amidine groups is 1. The van der Waals surface area contributed by atoms with E-state index in [1.165, 1.54) is 0 Å². The van der Waals surface area contributed by atoms with Gasteiger partial charge in [-0.2, -0.15) is 0 Å². The first kappa shape index (κ1) is 14.5. The van der Waals surface area contributed by atoms with Gasteiger partial charge in [0.25, 0.3) is 0 Å². The van der Waals surface area contributed by atoms with Crippen molar-refractivity contribution in [3.8, 4) is 11.3 Å². The molecule has 1 aliphatic rings. The average molecular weight is 296 g/mol. The predicted octanol–water partition coefficient (Wildman–Crippen LogP) is 2.91. The first-order chi connectivity index (χ1) is 10.5. The second kappa shape index (κ2) is 5.75. The molecule has 1 aromatic heterocycles. The van der Waals surface area contributed by atoms with E-state index in [-0.39, 0.29) is 5.78 Å². The van der Waals surface area contributed by atoms with Crippen molar-refractivity contribution in [3.05, 3.63) is 41.9 Å². The lowest BCUT2D eigenvalue weighted by atomic mass is 10.1. The van der Waals surface area contributed by atoms with Crippen LogP contribution in [0.4, 0.5) is 0 Å². The Bertz CT molecular complexity index is 743. The number of nitrogens with zero attached hydrogens (tertiary/aromatic N) is 3. The molecule has 0 radical (unpaired) electrons. The van der Waals surface area contributed by atoms with E-state index >= 15 is 0 Å². The SMILES string of the molecule is CC(=O)c1cccc(-c2cnc3n2NC(=NCC(C)C)C3)c1. The van der Waals surface area contributed by atoms with Crippen LogP contribution in [0.5, 0.6) is 0 Å². The minimum absolute atomic E-state index is 0.0650. The van der Waals surface area contributed by atoms with Crippen molar-refractivity contribution in [2.45, 2.75) is 27.2 Å². The van der Waals surface area contributed by atoms with E-state index in [0.29, 0.717) is 11.5 Å². The molecule has 0 unspecified atom stereocenters. The molecule has 114 valence electrons. The van der Waals surface area contributed by atoms with Crippen molar-refractivity contribution < 1.29 is 4.79 Å². The van der Waals surface area contributed by atoms with Gasteiger partial charge in [-0.15, -0.1) is 0 Å². The number of aromatic nitrogens is 2. The number of carbonyl (C=O) groups is 1. The number of aliphatic imine (C=N–C) groups is 1. The number of ketones is 1. The van der Waals surface area contributed by atoms with Crippen molar-refractivity contribution in [2.75, 3.05) is 12.0 Å². The van der Waals surface area contributed by atoms with Gasteiger partial charge in [0.2, 0.25) is 0 Å². The third-order valence-corrected chi connectivity index (χ3v) is 3.61. The summed E-state index contributed by atoms with van der Waals surface area (Å²) in [5, 5.41) is 0. The zero-order valence-electron chi connectivity index (χ0n) is 13.1. The van der Waals surface area contributed by atoms with Gasteiger partial charge < -0.3 is 0 Å². The number of hydrogen-bond acceptors (Lipinski definition) is 3. The van der Waals surface area contributed by atoms with Crippen LogP contribution in [0, 0.1) is 5.92 Å². The van der Waals surface area contributed by atoms with Crippen molar-refractivity contribution in [3.63, 3.8) is 0 Å². The molecule has 0 amide bonds. The summed E-state index contributed by atoms with van der Waals surface area (Å²) < 4.78 is 1.96. The minimum atomic E-state index is 0.0650. The fourth-order valence-electron chi connectivity index (χ4n) is 2.44. The van der Waals surface area contributed by atoms with Gasteiger partial charge in [-0.05, 0) is 18.9 Å². The molecule has 0 fully saturated rings. The summed E-state index contributed by atoms with van der Waals surface area (Å²) >= 11 is 0. The zero-order chi connectivity index (χ0) is 15.7. The van der Waals surface area contributed by atoms with E-state index < -0.39 is 0 Å². The van der Waals surface area contributed by atoms with Crippen LogP contribution in [-0.4, -0.2) is 27.8 Å². The van der Waals surface area contributed by atoms with Crippen LogP contribution in [0.25, 0.3) is 11.3 Å². The standard InChI is InChI=1S/C17H20N4O/c1-11(2)9-18-16-8-17-19-10-15(21(17)20-16)14-6-4-5-13(7-14)12(3)22/h4-7,10-11H,8-9H2,1-3H3,(H,18,20). The van der Waals surface area contributed by atoms with Gasteiger partial charge in [-0.25, -0.2) is 9.66 Å². The zero-order valence-corrected chi connectivity index (χ0v) is 13.1. The van der Waals surface area contributed by atoms with Gasteiger partial charge in [-0.1, -0.05) is 32.0 Å². The van der Waals surface area contributed by atoms with E-state index in [1.54, 1.807) is 6.92 Å². The van der Waals surface area contributed by atoms with Crippen LogP contribution >= 0.6 is 0 Å². The maximum absolute atomic E-state index is 11.5. The van der Waals surface area contributed by atoms with Crippen molar-refractivity contribution >= 4 is 11.6 Å². The quantitative estimate of drug-likeness (QED) is 0.883. The number of fused-ring (bicyclic) bond motifs is 1. The van der Waals surface area contributed by atoms with Crippen molar-refractivity contribution in [1.82, 2.24) is 9.66 Å². The highest BCUT2D eigenvalue weighted by Crippen LogP contribution is 2.24. The molecule has 0 bridgehead atoms. The average Bonchev–Trinajstić information content (AvgIpc) is 3.04. The Morgan fingerprint density at radius 1 is 1.45 bits per heavy atom. The van der Waals surface area contributed by atoms with Gasteiger partial charge in [0, 0.05) is 17.7 Å². The molecule has 0 saturated carbocycles. The van der Waals surface area contributed by atoms with E-state index in [4.69, 9.17) is 0 Å². The molecule has 0 aliphatic carbocycles. The van der Waals surface area contributed by atoms with Gasteiger partial charge >= 0.3 is 0 Å². The van der Waals surface area contributed by atoms with E-state index in [2.05, 4.69) is 29.2 Å². The highest BCUT2D eigenvalue weighted by atomic mass is 16.1. The Morgan fingerprint density at radius 2 is 2.27 bits per heavy atom. The van der Waals surface area contributed by atoms with Crippen LogP contribution < -0.4 is 5.43 Å². The summed E-state index contributed by atoms with van der Waals surface area (Å²) in [4.78, 5) is 20.6. The maximum atomic E-state index is 11.5. The summed E-state index contributed by atoms with van der Waals surface area (Å²) in [6, 6.07) is 7.62. The second-order valence-electron chi connectivity index (χ2n) is 6.00. The third-order valence-electron chi connectivity index (χ3n) is 3.61. The summed E-state index contributed by atoms with van der Waals surface area (Å²) in [7, 11) is 0. The molecular formula is C17H20N4O. The Kier molecular flexibility index (Phi) is 3.79. The largest absolute Gasteiger partial charge is 0.295 e. The normalized spacial score (nSPS) is 15.2. The predicted molar refractivity (Wildman–Crippen MR) is 87.9 cm³/mol. The van der Waals surface area contributed by atoms with Gasteiger partial charge in [0.05, 0.1) is 18.3 Å². The first-order valence-corrected chi connectivity index (χ1v) is 7.53. The highest BCUT2D eigenvalue weighted by molar-refractivity contribution is 5.96. The van der Waals surface area contributed by atoms with Crippen LogP contribution in [0.1, 0.15) is 37.0 Å². The lowest BCUT2D eigenvalue weighted by Gasteiger charge is -2.08. The van der Waals surface area contributed by atoms with Crippen LogP contribution in [0.3, 0.4) is 0 Å². The minimum Gasteiger partial charge on any atom is -0.295 e. The van der Waals surface area contributed by atoms with Gasteiger partial charge in [-0.3, -0.25) is 15.2 Å². The Hall–Kier alpha value is -2.43. The van der Waals surface area contributed by atoms with Crippen molar-refractivity contribution in [2.24, 2.45) is 10.9 Å². The second-order valence-corrected chi connectivity index (χ2v) is 6.00. The fourth-order valence-corrected chi connectivity index (χ4v) is 2.44. The monoisotopic (exact) mass is 296 g/mol. The molecule has 0 atom stereocenters. The molecule has 1 aromatic carbocycles. The highest BCUT2D eigenvalue weighted by Gasteiger charge is 2.21. The number of benzene rings is 1. The topological polar surface area (TPSA) is 59.3 Å². The Morgan fingerprint density at radius 3 is 3.00 bits per heavy atom.